The van der Waals surface area contributed by atoms with Crippen LogP contribution >= 0.6 is 22.9 Å². The summed E-state index contributed by atoms with van der Waals surface area (Å²) < 4.78 is 47.3. The standard InChI is InChI=1S/C7H11ClN2O4S3/c1-16(11,12)4-2-3-10-17(13,14)6-5-9-7(8)15-6/h5,10H,2-4H2,1H3. The van der Waals surface area contributed by atoms with Crippen molar-refractivity contribution in [3.8, 4) is 0 Å². The van der Waals surface area contributed by atoms with Gasteiger partial charge in [0.05, 0.1) is 11.9 Å². The highest BCUT2D eigenvalue weighted by Gasteiger charge is 2.16. The van der Waals surface area contributed by atoms with E-state index >= 15 is 0 Å². The van der Waals surface area contributed by atoms with Crippen molar-refractivity contribution < 1.29 is 16.8 Å². The van der Waals surface area contributed by atoms with E-state index in [1.807, 2.05) is 0 Å². The number of nitrogens with one attached hydrogen (secondary N) is 1. The molecule has 1 N–H and O–H groups in total. The summed E-state index contributed by atoms with van der Waals surface area (Å²) >= 11 is 6.37. The molecule has 10 heteroatoms. The molecule has 1 heterocycles. The number of sulfonamides is 1. The van der Waals surface area contributed by atoms with Crippen molar-refractivity contribution in [3.05, 3.63) is 10.7 Å². The van der Waals surface area contributed by atoms with Crippen LogP contribution in [-0.4, -0.2) is 40.4 Å². The topological polar surface area (TPSA) is 93.2 Å². The Kier molecular flexibility index (Phi) is 4.90. The molecule has 0 fully saturated rings. The zero-order valence-corrected chi connectivity index (χ0v) is 12.1. The Hall–Kier alpha value is -0.220. The molecule has 0 aliphatic rings. The summed E-state index contributed by atoms with van der Waals surface area (Å²) in [5.74, 6) is -0.0566. The quantitative estimate of drug-likeness (QED) is 0.771. The van der Waals surface area contributed by atoms with E-state index in [0.29, 0.717) is 0 Å². The number of sulfone groups is 1. The summed E-state index contributed by atoms with van der Waals surface area (Å²) in [6.07, 6.45) is 2.49. The van der Waals surface area contributed by atoms with E-state index in [-0.39, 0.29) is 27.4 Å². The van der Waals surface area contributed by atoms with E-state index < -0.39 is 19.9 Å². The van der Waals surface area contributed by atoms with Gasteiger partial charge in [0.1, 0.15) is 9.84 Å². The van der Waals surface area contributed by atoms with Gasteiger partial charge in [-0.2, -0.15) is 0 Å². The van der Waals surface area contributed by atoms with Crippen molar-refractivity contribution in [1.29, 1.82) is 0 Å². The first-order valence-electron chi connectivity index (χ1n) is 4.49. The van der Waals surface area contributed by atoms with Gasteiger partial charge < -0.3 is 0 Å². The third-order valence-corrected chi connectivity index (χ3v) is 5.77. The fraction of sp³-hybridized carbons (Fsp3) is 0.571. The van der Waals surface area contributed by atoms with Gasteiger partial charge in [-0.1, -0.05) is 22.9 Å². The monoisotopic (exact) mass is 318 g/mol. The molecule has 1 aromatic heterocycles. The van der Waals surface area contributed by atoms with Crippen LogP contribution in [0.2, 0.25) is 4.47 Å². The lowest BCUT2D eigenvalue weighted by Crippen LogP contribution is -2.25. The molecular formula is C7H11ClN2O4S3. The lowest BCUT2D eigenvalue weighted by atomic mass is 10.5. The number of aromatic nitrogens is 1. The summed E-state index contributed by atoms with van der Waals surface area (Å²) in [5.41, 5.74) is 0. The summed E-state index contributed by atoms with van der Waals surface area (Å²) in [5, 5.41) is 0. The minimum absolute atomic E-state index is 0.0156. The Labute approximate surface area is 109 Å². The highest BCUT2D eigenvalue weighted by atomic mass is 35.5. The van der Waals surface area contributed by atoms with Gasteiger partial charge in [0.2, 0.25) is 0 Å². The third-order valence-electron chi connectivity index (χ3n) is 1.71. The SMILES string of the molecule is CS(=O)(=O)CCCNS(=O)(=O)c1cnc(Cl)s1. The van der Waals surface area contributed by atoms with Gasteiger partial charge in [-0.05, 0) is 6.42 Å². The highest BCUT2D eigenvalue weighted by Crippen LogP contribution is 2.21. The van der Waals surface area contributed by atoms with Crippen LogP contribution < -0.4 is 4.72 Å². The number of rotatable bonds is 6. The molecule has 17 heavy (non-hydrogen) atoms. The van der Waals surface area contributed by atoms with Crippen LogP contribution in [0.3, 0.4) is 0 Å². The van der Waals surface area contributed by atoms with Crippen LogP contribution in [0.1, 0.15) is 6.42 Å². The molecule has 1 aromatic rings. The Morgan fingerprint density at radius 2 is 2.06 bits per heavy atom. The fourth-order valence-electron chi connectivity index (χ4n) is 0.975. The largest absolute Gasteiger partial charge is 0.251 e. The molecule has 0 saturated carbocycles. The number of hydrogen-bond acceptors (Lipinski definition) is 6. The second kappa shape index (κ2) is 5.61. The molecule has 0 saturated heterocycles. The van der Waals surface area contributed by atoms with E-state index in [2.05, 4.69) is 9.71 Å². The van der Waals surface area contributed by atoms with Gasteiger partial charge >= 0.3 is 0 Å². The van der Waals surface area contributed by atoms with Crippen LogP contribution in [0.5, 0.6) is 0 Å². The maximum atomic E-state index is 11.6. The minimum Gasteiger partial charge on any atom is -0.232 e. The van der Waals surface area contributed by atoms with Crippen molar-refractivity contribution in [3.63, 3.8) is 0 Å². The first-order chi connectivity index (χ1) is 7.71. The van der Waals surface area contributed by atoms with Crippen molar-refractivity contribution in [2.24, 2.45) is 0 Å². The Balaban J connectivity index is 2.52. The molecule has 0 radical (unpaired) electrons. The predicted octanol–water partition coefficient (Wildman–Crippen LogP) is 0.510. The Morgan fingerprint density at radius 3 is 2.53 bits per heavy atom. The van der Waals surface area contributed by atoms with Crippen molar-refractivity contribution in [2.45, 2.75) is 10.6 Å². The smallest absolute Gasteiger partial charge is 0.232 e. The molecule has 0 bridgehead atoms. The number of hydrogen-bond donors (Lipinski definition) is 1. The average molecular weight is 319 g/mol. The van der Waals surface area contributed by atoms with Crippen molar-refractivity contribution in [1.82, 2.24) is 9.71 Å². The van der Waals surface area contributed by atoms with E-state index in [0.717, 1.165) is 23.8 Å². The molecule has 0 spiro atoms. The van der Waals surface area contributed by atoms with Crippen LogP contribution in [0.4, 0.5) is 0 Å². The van der Waals surface area contributed by atoms with Crippen molar-refractivity contribution in [2.75, 3.05) is 18.6 Å². The molecule has 0 aliphatic heterocycles. The van der Waals surface area contributed by atoms with E-state index in [9.17, 15) is 16.8 Å². The molecule has 0 unspecified atom stereocenters. The van der Waals surface area contributed by atoms with Crippen LogP contribution in [0, 0.1) is 0 Å². The van der Waals surface area contributed by atoms with E-state index in [4.69, 9.17) is 11.6 Å². The summed E-state index contributed by atoms with van der Waals surface area (Å²) in [6.45, 7) is 0.0604. The molecule has 6 nitrogen and oxygen atoms in total. The average Bonchev–Trinajstić information content (AvgIpc) is 2.59. The number of halogens is 1. The first kappa shape index (κ1) is 14.8. The first-order valence-corrected chi connectivity index (χ1v) is 9.23. The Morgan fingerprint density at radius 1 is 1.41 bits per heavy atom. The predicted molar refractivity (Wildman–Crippen MR) is 66.6 cm³/mol. The minimum atomic E-state index is -3.63. The van der Waals surface area contributed by atoms with E-state index in [1.54, 1.807) is 0 Å². The van der Waals surface area contributed by atoms with Crippen LogP contribution in [0.25, 0.3) is 0 Å². The summed E-state index contributed by atoms with van der Waals surface area (Å²) in [4.78, 5) is 3.62. The van der Waals surface area contributed by atoms with Gasteiger partial charge in [0.15, 0.2) is 8.68 Å². The summed E-state index contributed by atoms with van der Waals surface area (Å²) in [7, 11) is -6.70. The van der Waals surface area contributed by atoms with E-state index in [1.165, 1.54) is 0 Å². The molecular weight excluding hydrogens is 308 g/mol. The molecule has 0 atom stereocenters. The van der Waals surface area contributed by atoms with Gasteiger partial charge in [-0.3, -0.25) is 0 Å². The lowest BCUT2D eigenvalue weighted by Gasteiger charge is -2.03. The second-order valence-electron chi connectivity index (χ2n) is 3.31. The van der Waals surface area contributed by atoms with Crippen LogP contribution in [0.15, 0.2) is 10.4 Å². The van der Waals surface area contributed by atoms with Gasteiger partial charge in [-0.25, -0.2) is 26.5 Å². The van der Waals surface area contributed by atoms with Crippen molar-refractivity contribution >= 4 is 42.8 Å². The zero-order valence-electron chi connectivity index (χ0n) is 8.88. The molecule has 98 valence electrons. The highest BCUT2D eigenvalue weighted by molar-refractivity contribution is 7.91. The molecule has 0 aliphatic carbocycles. The van der Waals surface area contributed by atoms with Gasteiger partial charge in [0.25, 0.3) is 10.0 Å². The molecule has 0 amide bonds. The number of nitrogens with zero attached hydrogens (tertiary/aromatic N) is 1. The lowest BCUT2D eigenvalue weighted by molar-refractivity contribution is 0.579. The number of thiazole rings is 1. The normalized spacial score (nSPS) is 12.8. The van der Waals surface area contributed by atoms with Crippen LogP contribution in [-0.2, 0) is 19.9 Å². The van der Waals surface area contributed by atoms with Gasteiger partial charge in [0, 0.05) is 12.8 Å². The maximum Gasteiger partial charge on any atom is 0.251 e. The van der Waals surface area contributed by atoms with Gasteiger partial charge in [-0.15, -0.1) is 0 Å². The Bertz CT molecular complexity index is 578. The maximum absolute atomic E-state index is 11.6. The fourth-order valence-corrected chi connectivity index (χ4v) is 4.06. The second-order valence-corrected chi connectivity index (χ2v) is 9.18. The third kappa shape index (κ3) is 5.30. The summed E-state index contributed by atoms with van der Waals surface area (Å²) in [6, 6.07) is 0. The molecule has 1 rings (SSSR count). The zero-order chi connectivity index (χ0) is 13.1. The molecule has 0 aromatic carbocycles.